The van der Waals surface area contributed by atoms with Crippen molar-refractivity contribution in [3.63, 3.8) is 0 Å². The summed E-state index contributed by atoms with van der Waals surface area (Å²) in [6, 6.07) is 8.46. The molecule has 1 heterocycles. The Kier molecular flexibility index (Phi) is 3.12. The minimum atomic E-state index is 0.0248. The Balaban J connectivity index is 2.25. The summed E-state index contributed by atoms with van der Waals surface area (Å²) in [5.74, 6) is 0. The molecule has 80 valence electrons. The predicted molar refractivity (Wildman–Crippen MR) is 65.5 cm³/mol. The van der Waals surface area contributed by atoms with Crippen LogP contribution in [-0.2, 0) is 0 Å². The Bertz CT molecular complexity index is 389. The second-order valence-corrected chi connectivity index (χ2v) is 5.19. The Morgan fingerprint density at radius 3 is 2.87 bits per heavy atom. The highest BCUT2D eigenvalue weighted by Crippen LogP contribution is 2.39. The number of aliphatic hydroxyl groups is 1. The van der Waals surface area contributed by atoms with E-state index < -0.39 is 0 Å². The minimum absolute atomic E-state index is 0.0248. The van der Waals surface area contributed by atoms with Crippen molar-refractivity contribution in [1.29, 1.82) is 0 Å². The van der Waals surface area contributed by atoms with Gasteiger partial charge in [0.1, 0.15) is 0 Å². The van der Waals surface area contributed by atoms with E-state index in [2.05, 4.69) is 36.2 Å². The smallest absolute Gasteiger partial charge is 0.0902 e. The van der Waals surface area contributed by atoms with Crippen LogP contribution in [-0.4, -0.2) is 22.8 Å². The zero-order valence-electron chi connectivity index (χ0n) is 8.97. The Morgan fingerprint density at radius 2 is 2.20 bits per heavy atom. The molecule has 0 radical (unpaired) electrons. The van der Waals surface area contributed by atoms with Crippen molar-refractivity contribution >= 4 is 16.8 Å². The second kappa shape index (κ2) is 4.37. The van der Waals surface area contributed by atoms with Gasteiger partial charge in [-0.15, -0.1) is 11.8 Å². The van der Waals surface area contributed by atoms with Crippen molar-refractivity contribution in [2.24, 2.45) is 4.99 Å². The van der Waals surface area contributed by atoms with Gasteiger partial charge in [0.15, 0.2) is 0 Å². The van der Waals surface area contributed by atoms with Crippen LogP contribution in [0.4, 0.5) is 0 Å². The first-order chi connectivity index (χ1) is 7.20. The molecule has 2 nitrogen and oxygen atoms in total. The molecule has 0 saturated heterocycles. The molecular formula is C12H15NOS. The molecule has 2 rings (SSSR count). The summed E-state index contributed by atoms with van der Waals surface area (Å²) in [5, 5.41) is 10.6. The minimum Gasteiger partial charge on any atom is -0.394 e. The monoisotopic (exact) mass is 221 g/mol. The van der Waals surface area contributed by atoms with Gasteiger partial charge in [0.05, 0.1) is 22.9 Å². The van der Waals surface area contributed by atoms with Crippen LogP contribution in [0.25, 0.3) is 0 Å². The van der Waals surface area contributed by atoms with Crippen molar-refractivity contribution in [1.82, 2.24) is 0 Å². The SMILES string of the molecule is CC1=NC(CO)C(c2cccc(C)c2)S1. The van der Waals surface area contributed by atoms with E-state index >= 15 is 0 Å². The highest BCUT2D eigenvalue weighted by molar-refractivity contribution is 8.14. The fraction of sp³-hybridized carbons (Fsp3) is 0.417. The molecule has 1 aromatic carbocycles. The number of rotatable bonds is 2. The molecule has 0 spiro atoms. The first kappa shape index (κ1) is 10.7. The van der Waals surface area contributed by atoms with Gasteiger partial charge in [-0.05, 0) is 19.4 Å². The van der Waals surface area contributed by atoms with Crippen molar-refractivity contribution in [2.75, 3.05) is 6.61 Å². The molecule has 0 amide bonds. The van der Waals surface area contributed by atoms with Crippen LogP contribution in [0.3, 0.4) is 0 Å². The summed E-state index contributed by atoms with van der Waals surface area (Å²) in [5.41, 5.74) is 2.52. The molecule has 2 atom stereocenters. The number of aliphatic hydroxyl groups excluding tert-OH is 1. The van der Waals surface area contributed by atoms with E-state index in [0.717, 1.165) is 5.04 Å². The van der Waals surface area contributed by atoms with Gasteiger partial charge in [-0.25, -0.2) is 0 Å². The van der Waals surface area contributed by atoms with E-state index in [1.165, 1.54) is 11.1 Å². The molecule has 1 N–H and O–H groups in total. The first-order valence-electron chi connectivity index (χ1n) is 5.09. The second-order valence-electron chi connectivity index (χ2n) is 3.85. The average molecular weight is 221 g/mol. The summed E-state index contributed by atoms with van der Waals surface area (Å²) in [6.07, 6.45) is 0. The van der Waals surface area contributed by atoms with Gasteiger partial charge in [-0.1, -0.05) is 29.8 Å². The topological polar surface area (TPSA) is 32.6 Å². The summed E-state index contributed by atoms with van der Waals surface area (Å²) >= 11 is 1.75. The Hall–Kier alpha value is -0.800. The Morgan fingerprint density at radius 1 is 1.40 bits per heavy atom. The highest BCUT2D eigenvalue weighted by Gasteiger charge is 2.28. The molecule has 3 heteroatoms. The third-order valence-electron chi connectivity index (χ3n) is 2.55. The van der Waals surface area contributed by atoms with Crippen LogP contribution in [0, 0.1) is 6.92 Å². The third kappa shape index (κ3) is 2.24. The summed E-state index contributed by atoms with van der Waals surface area (Å²) in [4.78, 5) is 4.42. The maximum atomic E-state index is 9.26. The normalized spacial score (nSPS) is 25.4. The van der Waals surface area contributed by atoms with Gasteiger partial charge in [0.25, 0.3) is 0 Å². The van der Waals surface area contributed by atoms with Crippen molar-refractivity contribution in [3.05, 3.63) is 35.4 Å². The summed E-state index contributed by atoms with van der Waals surface area (Å²) < 4.78 is 0. The lowest BCUT2D eigenvalue weighted by molar-refractivity contribution is 0.266. The molecule has 1 aromatic rings. The van der Waals surface area contributed by atoms with Crippen LogP contribution in [0.2, 0.25) is 0 Å². The molecule has 15 heavy (non-hydrogen) atoms. The zero-order valence-corrected chi connectivity index (χ0v) is 9.79. The molecule has 0 bridgehead atoms. The quantitative estimate of drug-likeness (QED) is 0.832. The zero-order chi connectivity index (χ0) is 10.8. The van der Waals surface area contributed by atoms with E-state index in [0.29, 0.717) is 0 Å². The fourth-order valence-corrected chi connectivity index (χ4v) is 3.02. The standard InChI is InChI=1S/C12H15NOS/c1-8-4-3-5-10(6-8)12-11(7-14)13-9(2)15-12/h3-6,11-12,14H,7H2,1-2H3. The van der Waals surface area contributed by atoms with E-state index in [1.807, 2.05) is 6.92 Å². The average Bonchev–Trinajstić information content (AvgIpc) is 2.59. The van der Waals surface area contributed by atoms with Gasteiger partial charge in [0, 0.05) is 0 Å². The van der Waals surface area contributed by atoms with Gasteiger partial charge >= 0.3 is 0 Å². The van der Waals surface area contributed by atoms with E-state index in [-0.39, 0.29) is 17.9 Å². The molecule has 1 aliphatic rings. The maximum Gasteiger partial charge on any atom is 0.0902 e. The van der Waals surface area contributed by atoms with Crippen molar-refractivity contribution < 1.29 is 5.11 Å². The molecule has 1 aliphatic heterocycles. The van der Waals surface area contributed by atoms with Gasteiger partial charge < -0.3 is 5.11 Å². The maximum absolute atomic E-state index is 9.26. The van der Waals surface area contributed by atoms with E-state index in [1.54, 1.807) is 11.8 Å². The lowest BCUT2D eigenvalue weighted by atomic mass is 10.0. The van der Waals surface area contributed by atoms with Crippen LogP contribution in [0.1, 0.15) is 23.3 Å². The number of nitrogens with zero attached hydrogens (tertiary/aromatic N) is 1. The lowest BCUT2D eigenvalue weighted by Gasteiger charge is -2.15. The number of hydrogen-bond donors (Lipinski definition) is 1. The predicted octanol–water partition coefficient (Wildman–Crippen LogP) is 2.56. The van der Waals surface area contributed by atoms with Crippen LogP contribution < -0.4 is 0 Å². The molecule has 0 fully saturated rings. The molecule has 2 unspecified atom stereocenters. The van der Waals surface area contributed by atoms with Crippen LogP contribution in [0.5, 0.6) is 0 Å². The number of aliphatic imine (C=N–C) groups is 1. The fourth-order valence-electron chi connectivity index (χ4n) is 1.87. The Labute approximate surface area is 94.4 Å². The molecule has 0 aromatic heterocycles. The van der Waals surface area contributed by atoms with Crippen LogP contribution in [0.15, 0.2) is 29.3 Å². The van der Waals surface area contributed by atoms with Crippen LogP contribution >= 0.6 is 11.8 Å². The van der Waals surface area contributed by atoms with E-state index in [4.69, 9.17) is 0 Å². The molecule has 0 aliphatic carbocycles. The highest BCUT2D eigenvalue weighted by atomic mass is 32.2. The first-order valence-corrected chi connectivity index (χ1v) is 5.97. The van der Waals surface area contributed by atoms with E-state index in [9.17, 15) is 5.11 Å². The lowest BCUT2D eigenvalue weighted by Crippen LogP contribution is -2.14. The van der Waals surface area contributed by atoms with Crippen molar-refractivity contribution in [3.8, 4) is 0 Å². The van der Waals surface area contributed by atoms with Gasteiger partial charge in [-0.3, -0.25) is 4.99 Å². The summed E-state index contributed by atoms with van der Waals surface area (Å²) in [6.45, 7) is 4.22. The summed E-state index contributed by atoms with van der Waals surface area (Å²) in [7, 11) is 0. The number of thioether (sulfide) groups is 1. The number of benzene rings is 1. The third-order valence-corrected chi connectivity index (χ3v) is 3.84. The number of aryl methyl sites for hydroxylation is 1. The largest absolute Gasteiger partial charge is 0.394 e. The van der Waals surface area contributed by atoms with Gasteiger partial charge in [0.2, 0.25) is 0 Å². The molecule has 0 saturated carbocycles. The number of hydrogen-bond acceptors (Lipinski definition) is 3. The molecular weight excluding hydrogens is 206 g/mol. The van der Waals surface area contributed by atoms with Gasteiger partial charge in [-0.2, -0.15) is 0 Å². The van der Waals surface area contributed by atoms with Crippen molar-refractivity contribution in [2.45, 2.75) is 25.1 Å².